The molecular weight excluding hydrogens is 316 g/mol. The number of nitrogens with one attached hydrogen (secondary N) is 1. The fraction of sp³-hybridized carbons (Fsp3) is 0.150. The Kier molecular flexibility index (Phi) is 3.69. The van der Waals surface area contributed by atoms with Gasteiger partial charge in [-0.1, -0.05) is 42.5 Å². The van der Waals surface area contributed by atoms with Crippen molar-refractivity contribution < 1.29 is 9.53 Å². The predicted molar refractivity (Wildman–Crippen MR) is 96.2 cm³/mol. The largest absolute Gasteiger partial charge is 0.461 e. The SMILES string of the molecule is CCOC(=O)c1[nH]c2ccccc2c1C1=C(N=O)Cc2ccccc21. The number of benzene rings is 2. The highest BCUT2D eigenvalue weighted by atomic mass is 16.5. The molecule has 0 radical (unpaired) electrons. The number of aromatic amines is 1. The van der Waals surface area contributed by atoms with Crippen LogP contribution in [0.15, 0.2) is 59.4 Å². The minimum absolute atomic E-state index is 0.280. The molecule has 2 aromatic carbocycles. The fourth-order valence-electron chi connectivity index (χ4n) is 3.46. The lowest BCUT2D eigenvalue weighted by molar-refractivity contribution is 0.0520. The summed E-state index contributed by atoms with van der Waals surface area (Å²) in [5.74, 6) is -0.434. The number of ether oxygens (including phenoxy) is 1. The summed E-state index contributed by atoms with van der Waals surface area (Å²) in [5.41, 5.74) is 4.99. The highest BCUT2D eigenvalue weighted by Gasteiger charge is 2.30. The van der Waals surface area contributed by atoms with Gasteiger partial charge in [0.15, 0.2) is 0 Å². The molecule has 0 atom stereocenters. The standard InChI is InChI=1S/C20H16N2O3/c1-2-25-20(23)19-18(14-9-5-6-10-15(14)21-19)17-13-8-4-3-7-12(13)11-16(17)22-24/h3-10,21H,2,11H2,1H3. The summed E-state index contributed by atoms with van der Waals surface area (Å²) in [5, 5.41) is 4.13. The van der Waals surface area contributed by atoms with E-state index in [1.165, 1.54) is 0 Å². The summed E-state index contributed by atoms with van der Waals surface area (Å²) in [4.78, 5) is 27.2. The smallest absolute Gasteiger partial charge is 0.355 e. The van der Waals surface area contributed by atoms with E-state index in [1.807, 2.05) is 48.5 Å². The maximum atomic E-state index is 12.5. The van der Waals surface area contributed by atoms with Crippen molar-refractivity contribution in [3.8, 4) is 0 Å². The number of nitrogens with zero attached hydrogens (tertiary/aromatic N) is 1. The van der Waals surface area contributed by atoms with Crippen molar-refractivity contribution in [3.05, 3.63) is 81.5 Å². The number of hydrogen-bond donors (Lipinski definition) is 1. The molecule has 0 spiro atoms. The van der Waals surface area contributed by atoms with Crippen LogP contribution >= 0.6 is 0 Å². The van der Waals surface area contributed by atoms with E-state index < -0.39 is 5.97 Å². The van der Waals surface area contributed by atoms with Crippen LogP contribution in [0.5, 0.6) is 0 Å². The Morgan fingerprint density at radius 1 is 1.16 bits per heavy atom. The van der Waals surface area contributed by atoms with Gasteiger partial charge in [0.2, 0.25) is 0 Å². The number of nitroso groups, excluding NO2 is 1. The minimum Gasteiger partial charge on any atom is -0.461 e. The third-order valence-corrected chi connectivity index (χ3v) is 4.48. The topological polar surface area (TPSA) is 71.5 Å². The van der Waals surface area contributed by atoms with Gasteiger partial charge in [-0.3, -0.25) is 0 Å². The van der Waals surface area contributed by atoms with Gasteiger partial charge in [0.1, 0.15) is 5.69 Å². The number of hydrogen-bond acceptors (Lipinski definition) is 4. The Morgan fingerprint density at radius 2 is 1.92 bits per heavy atom. The van der Waals surface area contributed by atoms with Crippen molar-refractivity contribution in [1.29, 1.82) is 0 Å². The highest BCUT2D eigenvalue weighted by molar-refractivity contribution is 6.08. The quantitative estimate of drug-likeness (QED) is 0.567. The summed E-state index contributed by atoms with van der Waals surface area (Å²) in [6.45, 7) is 2.05. The molecule has 0 saturated carbocycles. The van der Waals surface area contributed by atoms with E-state index in [0.717, 1.165) is 22.0 Å². The zero-order valence-electron chi connectivity index (χ0n) is 13.7. The van der Waals surface area contributed by atoms with Crippen molar-refractivity contribution in [1.82, 2.24) is 4.98 Å². The molecule has 4 rings (SSSR count). The summed E-state index contributed by atoms with van der Waals surface area (Å²) in [6, 6.07) is 15.4. The molecule has 0 saturated heterocycles. The second-order valence-corrected chi connectivity index (χ2v) is 5.89. The third-order valence-electron chi connectivity index (χ3n) is 4.48. The van der Waals surface area contributed by atoms with Gasteiger partial charge in [0.05, 0.1) is 12.3 Å². The van der Waals surface area contributed by atoms with Gasteiger partial charge < -0.3 is 9.72 Å². The molecule has 25 heavy (non-hydrogen) atoms. The lowest BCUT2D eigenvalue weighted by atomic mass is 9.96. The van der Waals surface area contributed by atoms with Crippen LogP contribution in [-0.4, -0.2) is 17.6 Å². The second kappa shape index (κ2) is 6.02. The van der Waals surface area contributed by atoms with Crippen LogP contribution in [-0.2, 0) is 11.2 Å². The molecule has 1 aliphatic carbocycles. The lowest BCUT2D eigenvalue weighted by Gasteiger charge is -2.08. The second-order valence-electron chi connectivity index (χ2n) is 5.89. The van der Waals surface area contributed by atoms with E-state index in [-0.39, 0.29) is 6.61 Å². The lowest BCUT2D eigenvalue weighted by Crippen LogP contribution is -2.08. The monoisotopic (exact) mass is 332 g/mol. The number of rotatable bonds is 4. The van der Waals surface area contributed by atoms with E-state index in [1.54, 1.807) is 6.92 Å². The van der Waals surface area contributed by atoms with Crippen LogP contribution in [0, 0.1) is 4.91 Å². The van der Waals surface area contributed by atoms with Gasteiger partial charge in [-0.15, -0.1) is 4.91 Å². The molecule has 0 fully saturated rings. The zero-order chi connectivity index (χ0) is 17.4. The Morgan fingerprint density at radius 3 is 2.72 bits per heavy atom. The number of allylic oxidation sites excluding steroid dienone is 1. The molecule has 1 aliphatic rings. The fourth-order valence-corrected chi connectivity index (χ4v) is 3.46. The van der Waals surface area contributed by atoms with Crippen LogP contribution in [0.25, 0.3) is 16.5 Å². The number of carbonyl (C=O) groups excluding carboxylic acids is 1. The molecule has 1 N–H and O–H groups in total. The van der Waals surface area contributed by atoms with Crippen molar-refractivity contribution in [3.63, 3.8) is 0 Å². The first-order valence-corrected chi connectivity index (χ1v) is 8.17. The van der Waals surface area contributed by atoms with Crippen LogP contribution in [0.1, 0.15) is 34.1 Å². The van der Waals surface area contributed by atoms with Gasteiger partial charge in [-0.25, -0.2) is 4.79 Å². The average Bonchev–Trinajstić information content (AvgIpc) is 3.19. The van der Waals surface area contributed by atoms with Gasteiger partial charge in [0.25, 0.3) is 0 Å². The number of carbonyl (C=O) groups is 1. The summed E-state index contributed by atoms with van der Waals surface area (Å²) >= 11 is 0. The Hall–Kier alpha value is -3.21. The number of esters is 1. The van der Waals surface area contributed by atoms with Crippen molar-refractivity contribution in [2.75, 3.05) is 6.61 Å². The molecule has 5 nitrogen and oxygen atoms in total. The Balaban J connectivity index is 2.04. The van der Waals surface area contributed by atoms with Gasteiger partial charge in [-0.05, 0) is 29.3 Å². The van der Waals surface area contributed by atoms with Crippen LogP contribution in [0.4, 0.5) is 0 Å². The summed E-state index contributed by atoms with van der Waals surface area (Å²) < 4.78 is 5.21. The van der Waals surface area contributed by atoms with E-state index in [0.29, 0.717) is 28.9 Å². The van der Waals surface area contributed by atoms with Crippen LogP contribution in [0.3, 0.4) is 0 Å². The Bertz CT molecular complexity index is 1030. The van der Waals surface area contributed by atoms with E-state index >= 15 is 0 Å². The molecule has 0 bridgehead atoms. The average molecular weight is 332 g/mol. The van der Waals surface area contributed by atoms with Gasteiger partial charge >= 0.3 is 5.97 Å². The molecule has 1 heterocycles. The predicted octanol–water partition coefficient (Wildman–Crippen LogP) is 4.43. The van der Waals surface area contributed by atoms with Crippen molar-refractivity contribution in [2.45, 2.75) is 13.3 Å². The number of aromatic nitrogens is 1. The summed E-state index contributed by atoms with van der Waals surface area (Å²) in [6.07, 6.45) is 0.469. The molecule has 0 aliphatic heterocycles. The van der Waals surface area contributed by atoms with Crippen molar-refractivity contribution in [2.24, 2.45) is 5.18 Å². The summed E-state index contributed by atoms with van der Waals surface area (Å²) in [7, 11) is 0. The van der Waals surface area contributed by atoms with E-state index in [4.69, 9.17) is 4.74 Å². The molecule has 5 heteroatoms. The van der Waals surface area contributed by atoms with Crippen molar-refractivity contribution >= 4 is 22.4 Å². The van der Waals surface area contributed by atoms with Gasteiger partial charge in [0, 0.05) is 28.5 Å². The first-order valence-electron chi connectivity index (χ1n) is 8.17. The van der Waals surface area contributed by atoms with Crippen LogP contribution < -0.4 is 0 Å². The number of fused-ring (bicyclic) bond motifs is 2. The first-order chi connectivity index (χ1) is 12.2. The molecule has 3 aromatic rings. The molecule has 124 valence electrons. The third kappa shape index (κ3) is 2.36. The van der Waals surface area contributed by atoms with E-state index in [9.17, 15) is 9.70 Å². The van der Waals surface area contributed by atoms with Gasteiger partial charge in [-0.2, -0.15) is 0 Å². The molecule has 0 unspecified atom stereocenters. The normalized spacial score (nSPS) is 13.2. The number of H-pyrrole nitrogens is 1. The minimum atomic E-state index is -0.434. The molecule has 0 amide bonds. The number of para-hydroxylation sites is 1. The molecule has 1 aromatic heterocycles. The maximum absolute atomic E-state index is 12.5. The van der Waals surface area contributed by atoms with E-state index in [2.05, 4.69) is 10.2 Å². The van der Waals surface area contributed by atoms with Crippen LogP contribution in [0.2, 0.25) is 0 Å². The first kappa shape index (κ1) is 15.3. The highest BCUT2D eigenvalue weighted by Crippen LogP contribution is 2.42. The molecular formula is C20H16N2O3. The zero-order valence-corrected chi connectivity index (χ0v) is 13.7. The Labute approximate surface area is 144 Å². The maximum Gasteiger partial charge on any atom is 0.355 e.